The van der Waals surface area contributed by atoms with Crippen LogP contribution < -0.4 is 0 Å². The first-order valence-electron chi connectivity index (χ1n) is 12.8. The van der Waals surface area contributed by atoms with Crippen molar-refractivity contribution in [2.45, 2.75) is 110 Å². The highest BCUT2D eigenvalue weighted by atomic mass is 19.1. The Morgan fingerprint density at radius 2 is 1.52 bits per heavy atom. The normalized spacial score (nSPS) is 18.9. The first-order chi connectivity index (χ1) is 15.2. The summed E-state index contributed by atoms with van der Waals surface area (Å²) in [4.78, 5) is 9.03. The second-order valence-corrected chi connectivity index (χ2v) is 9.53. The number of aromatic nitrogens is 2. The number of hydrogen-bond donors (Lipinski definition) is 0. The number of nitrogens with zero attached hydrogens (tertiary/aromatic N) is 2. The predicted octanol–water partition coefficient (Wildman–Crippen LogP) is 8.65. The fourth-order valence-corrected chi connectivity index (χ4v) is 5.01. The Bertz CT molecular complexity index is 763. The Hall–Kier alpha value is -1.77. The third kappa shape index (κ3) is 7.40. The maximum Gasteiger partial charge on any atom is 0.159 e. The molecule has 31 heavy (non-hydrogen) atoms. The van der Waals surface area contributed by atoms with Gasteiger partial charge in [0.2, 0.25) is 0 Å². The molecule has 0 radical (unpaired) electrons. The van der Waals surface area contributed by atoms with Crippen molar-refractivity contribution >= 4 is 0 Å². The average Bonchev–Trinajstić information content (AvgIpc) is 2.80. The molecule has 3 heteroatoms. The molecule has 0 N–H and O–H groups in total. The summed E-state index contributed by atoms with van der Waals surface area (Å²) in [5, 5.41) is 0. The molecule has 3 rings (SSSR count). The Labute approximate surface area is 189 Å². The molecule has 0 atom stereocenters. The van der Waals surface area contributed by atoms with Gasteiger partial charge >= 0.3 is 0 Å². The molecule has 1 aromatic carbocycles. The number of rotatable bonds is 12. The average molecular weight is 425 g/mol. The van der Waals surface area contributed by atoms with Gasteiger partial charge in [-0.15, -0.1) is 0 Å². The lowest BCUT2D eigenvalue weighted by atomic mass is 9.77. The fraction of sp³-hybridized carbons (Fsp3) is 0.643. The molecule has 1 heterocycles. The molecular weight excluding hydrogens is 383 g/mol. The van der Waals surface area contributed by atoms with Crippen LogP contribution >= 0.6 is 0 Å². The zero-order chi connectivity index (χ0) is 21.9. The smallest absolute Gasteiger partial charge is 0.159 e. The van der Waals surface area contributed by atoms with Crippen LogP contribution in [0, 0.1) is 11.7 Å². The molecule has 1 aliphatic carbocycles. The summed E-state index contributed by atoms with van der Waals surface area (Å²) >= 11 is 0. The molecule has 0 bridgehead atoms. The van der Waals surface area contributed by atoms with Gasteiger partial charge in [0.05, 0.1) is 0 Å². The Balaban J connectivity index is 1.52. The van der Waals surface area contributed by atoms with E-state index < -0.39 is 0 Å². The minimum atomic E-state index is -0.0875. The Kier molecular flexibility index (Phi) is 9.96. The van der Waals surface area contributed by atoms with Crippen LogP contribution in [0.3, 0.4) is 0 Å². The summed E-state index contributed by atoms with van der Waals surface area (Å²) in [6.07, 6.45) is 21.3. The zero-order valence-corrected chi connectivity index (χ0v) is 19.7. The van der Waals surface area contributed by atoms with Crippen LogP contribution in [0.15, 0.2) is 30.6 Å². The molecule has 1 aromatic heterocycles. The van der Waals surface area contributed by atoms with E-state index in [4.69, 9.17) is 0 Å². The zero-order valence-electron chi connectivity index (χ0n) is 19.7. The quantitative estimate of drug-likeness (QED) is 0.319. The number of aryl methyl sites for hydroxylation is 1. The van der Waals surface area contributed by atoms with Gasteiger partial charge in [0, 0.05) is 18.0 Å². The molecule has 1 saturated carbocycles. The minimum absolute atomic E-state index is 0.0875. The van der Waals surface area contributed by atoms with E-state index in [1.807, 2.05) is 24.5 Å². The third-order valence-corrected chi connectivity index (χ3v) is 7.04. The maximum atomic E-state index is 15.0. The van der Waals surface area contributed by atoms with E-state index in [0.717, 1.165) is 36.3 Å². The van der Waals surface area contributed by atoms with Crippen molar-refractivity contribution in [3.63, 3.8) is 0 Å². The van der Waals surface area contributed by atoms with Gasteiger partial charge in [0.25, 0.3) is 0 Å². The predicted molar refractivity (Wildman–Crippen MR) is 129 cm³/mol. The summed E-state index contributed by atoms with van der Waals surface area (Å²) in [5.41, 5.74) is 2.84. The lowest BCUT2D eigenvalue weighted by Crippen LogP contribution is -2.14. The van der Waals surface area contributed by atoms with Crippen molar-refractivity contribution in [3.8, 4) is 11.4 Å². The van der Waals surface area contributed by atoms with Gasteiger partial charge in [-0.25, -0.2) is 14.4 Å². The molecule has 2 aromatic rings. The number of hydrogen-bond acceptors (Lipinski definition) is 2. The summed E-state index contributed by atoms with van der Waals surface area (Å²) < 4.78 is 15.0. The number of unbranched alkanes of at least 4 members (excludes halogenated alkanes) is 6. The van der Waals surface area contributed by atoms with Gasteiger partial charge in [-0.05, 0) is 67.6 Å². The van der Waals surface area contributed by atoms with E-state index in [9.17, 15) is 4.39 Å². The molecule has 1 fully saturated rings. The van der Waals surface area contributed by atoms with Gasteiger partial charge < -0.3 is 0 Å². The topological polar surface area (TPSA) is 25.8 Å². The third-order valence-electron chi connectivity index (χ3n) is 7.04. The van der Waals surface area contributed by atoms with Gasteiger partial charge in [0.1, 0.15) is 5.82 Å². The molecule has 1 aliphatic rings. The highest BCUT2D eigenvalue weighted by Gasteiger charge is 2.24. The molecule has 0 aliphatic heterocycles. The number of halogens is 1. The monoisotopic (exact) mass is 424 g/mol. The van der Waals surface area contributed by atoms with E-state index in [1.165, 1.54) is 76.2 Å². The Morgan fingerprint density at radius 3 is 2.19 bits per heavy atom. The van der Waals surface area contributed by atoms with Crippen LogP contribution in [0.2, 0.25) is 0 Å². The van der Waals surface area contributed by atoms with Crippen LogP contribution in [-0.2, 0) is 6.42 Å². The summed E-state index contributed by atoms with van der Waals surface area (Å²) in [5.74, 6) is 1.76. The van der Waals surface area contributed by atoms with Crippen molar-refractivity contribution in [2.75, 3.05) is 0 Å². The second kappa shape index (κ2) is 12.9. The summed E-state index contributed by atoms with van der Waals surface area (Å²) in [6, 6.07) is 5.63. The van der Waals surface area contributed by atoms with Crippen LogP contribution in [0.1, 0.15) is 114 Å². The molecule has 0 spiro atoms. The van der Waals surface area contributed by atoms with Gasteiger partial charge in [0.15, 0.2) is 5.82 Å². The standard InChI is InChI=1S/C28H41FN2/c1-3-5-7-8-10-12-23-20-30-28(31-21-23)25-17-18-26(27(29)19-25)24-15-13-22(14-16-24)11-9-6-4-2/h17-22,24H,3-16H2,1-2H3/t22-,24-. The van der Waals surface area contributed by atoms with E-state index in [0.29, 0.717) is 11.7 Å². The molecule has 2 nitrogen and oxygen atoms in total. The van der Waals surface area contributed by atoms with Gasteiger partial charge in [-0.2, -0.15) is 0 Å². The maximum absolute atomic E-state index is 15.0. The van der Waals surface area contributed by atoms with Crippen molar-refractivity contribution in [2.24, 2.45) is 5.92 Å². The highest BCUT2D eigenvalue weighted by Crippen LogP contribution is 2.39. The van der Waals surface area contributed by atoms with E-state index in [2.05, 4.69) is 23.8 Å². The van der Waals surface area contributed by atoms with Crippen LogP contribution in [0.25, 0.3) is 11.4 Å². The molecular formula is C28H41FN2. The minimum Gasteiger partial charge on any atom is -0.236 e. The molecule has 0 unspecified atom stereocenters. The fourth-order valence-electron chi connectivity index (χ4n) is 5.01. The first kappa shape index (κ1) is 23.9. The second-order valence-electron chi connectivity index (χ2n) is 9.53. The molecule has 0 amide bonds. The summed E-state index contributed by atoms with van der Waals surface area (Å²) in [7, 11) is 0. The lowest BCUT2D eigenvalue weighted by Gasteiger charge is -2.29. The van der Waals surface area contributed by atoms with E-state index >= 15 is 0 Å². The first-order valence-corrected chi connectivity index (χ1v) is 12.8. The van der Waals surface area contributed by atoms with E-state index in [1.54, 1.807) is 6.07 Å². The van der Waals surface area contributed by atoms with Gasteiger partial charge in [-0.1, -0.05) is 77.3 Å². The Morgan fingerprint density at radius 1 is 0.839 bits per heavy atom. The van der Waals surface area contributed by atoms with Gasteiger partial charge in [-0.3, -0.25) is 0 Å². The summed E-state index contributed by atoms with van der Waals surface area (Å²) in [6.45, 7) is 4.50. The van der Waals surface area contributed by atoms with Crippen molar-refractivity contribution in [1.29, 1.82) is 0 Å². The lowest BCUT2D eigenvalue weighted by molar-refractivity contribution is 0.299. The SMILES string of the molecule is CCCCCCCc1cnc(-c2ccc([C@H]3CC[C@H](CCCCC)CC3)c(F)c2)nc1. The number of benzene rings is 1. The van der Waals surface area contributed by atoms with Crippen LogP contribution in [0.4, 0.5) is 4.39 Å². The van der Waals surface area contributed by atoms with Crippen molar-refractivity contribution in [1.82, 2.24) is 9.97 Å². The molecule has 170 valence electrons. The van der Waals surface area contributed by atoms with Crippen molar-refractivity contribution in [3.05, 3.63) is 47.5 Å². The van der Waals surface area contributed by atoms with Crippen LogP contribution in [-0.4, -0.2) is 9.97 Å². The van der Waals surface area contributed by atoms with Crippen LogP contribution in [0.5, 0.6) is 0 Å². The molecule has 0 saturated heterocycles. The largest absolute Gasteiger partial charge is 0.236 e. The highest BCUT2D eigenvalue weighted by molar-refractivity contribution is 5.55. The van der Waals surface area contributed by atoms with E-state index in [-0.39, 0.29) is 5.82 Å². The van der Waals surface area contributed by atoms with Crippen molar-refractivity contribution < 1.29 is 4.39 Å².